The first kappa shape index (κ1) is 14.9. The summed E-state index contributed by atoms with van der Waals surface area (Å²) < 4.78 is 24.5. The van der Waals surface area contributed by atoms with Crippen LogP contribution in [0.15, 0.2) is 18.2 Å². The van der Waals surface area contributed by atoms with E-state index in [9.17, 15) is 4.39 Å². The van der Waals surface area contributed by atoms with Crippen molar-refractivity contribution < 1.29 is 13.9 Å². The number of halogens is 1. The second kappa shape index (κ2) is 7.34. The molecular formula is C14H22FNO2. The van der Waals surface area contributed by atoms with Crippen LogP contribution in [0.5, 0.6) is 5.75 Å². The van der Waals surface area contributed by atoms with Crippen molar-refractivity contribution in [2.45, 2.75) is 32.4 Å². The summed E-state index contributed by atoms with van der Waals surface area (Å²) in [6.45, 7) is 4.75. The topological polar surface area (TPSA) is 30.5 Å². The Bertz CT molecular complexity index is 371. The van der Waals surface area contributed by atoms with Crippen LogP contribution >= 0.6 is 0 Å². The fourth-order valence-electron chi connectivity index (χ4n) is 1.95. The van der Waals surface area contributed by atoms with Gasteiger partial charge in [0.1, 0.15) is 0 Å². The number of nitrogens with one attached hydrogen (secondary N) is 1. The predicted molar refractivity (Wildman–Crippen MR) is 70.5 cm³/mol. The maximum atomic E-state index is 14.2. The van der Waals surface area contributed by atoms with Crippen LogP contribution in [0, 0.1) is 5.82 Å². The van der Waals surface area contributed by atoms with E-state index in [-0.39, 0.29) is 23.7 Å². The van der Waals surface area contributed by atoms with Gasteiger partial charge in [-0.25, -0.2) is 4.39 Å². The SMILES string of the molecule is CCNC(CC(C)OC)c1cccc(OC)c1F. The Morgan fingerprint density at radius 2 is 2.06 bits per heavy atom. The van der Waals surface area contributed by atoms with Crippen LogP contribution in [0.4, 0.5) is 4.39 Å². The van der Waals surface area contributed by atoms with Crippen molar-refractivity contribution in [1.29, 1.82) is 0 Å². The minimum atomic E-state index is -0.297. The van der Waals surface area contributed by atoms with Gasteiger partial charge >= 0.3 is 0 Å². The van der Waals surface area contributed by atoms with Crippen molar-refractivity contribution >= 4 is 0 Å². The van der Waals surface area contributed by atoms with E-state index >= 15 is 0 Å². The summed E-state index contributed by atoms with van der Waals surface area (Å²) in [5, 5.41) is 3.28. The molecule has 0 saturated heterocycles. The number of ether oxygens (including phenoxy) is 2. The molecule has 18 heavy (non-hydrogen) atoms. The third-order valence-corrected chi connectivity index (χ3v) is 3.01. The van der Waals surface area contributed by atoms with Crippen molar-refractivity contribution in [2.75, 3.05) is 20.8 Å². The Morgan fingerprint density at radius 3 is 2.61 bits per heavy atom. The summed E-state index contributed by atoms with van der Waals surface area (Å²) >= 11 is 0. The van der Waals surface area contributed by atoms with E-state index in [4.69, 9.17) is 9.47 Å². The zero-order chi connectivity index (χ0) is 13.5. The highest BCUT2D eigenvalue weighted by molar-refractivity contribution is 5.33. The molecule has 4 heteroatoms. The van der Waals surface area contributed by atoms with Crippen LogP contribution in [-0.4, -0.2) is 26.9 Å². The molecule has 0 amide bonds. The molecule has 0 radical (unpaired) electrons. The molecule has 1 N–H and O–H groups in total. The average Bonchev–Trinajstić information content (AvgIpc) is 2.38. The largest absolute Gasteiger partial charge is 0.494 e. The van der Waals surface area contributed by atoms with E-state index in [1.54, 1.807) is 25.3 Å². The van der Waals surface area contributed by atoms with Crippen molar-refractivity contribution in [2.24, 2.45) is 0 Å². The third kappa shape index (κ3) is 3.68. The van der Waals surface area contributed by atoms with Crippen LogP contribution in [0.2, 0.25) is 0 Å². The van der Waals surface area contributed by atoms with E-state index in [0.717, 1.165) is 6.54 Å². The normalized spacial score (nSPS) is 14.3. The van der Waals surface area contributed by atoms with E-state index in [1.807, 2.05) is 13.8 Å². The standard InChI is InChI=1S/C14H22FNO2/c1-5-16-12(9-10(2)17-3)11-7-6-8-13(18-4)14(11)15/h6-8,10,12,16H,5,9H2,1-4H3. The Balaban J connectivity index is 2.97. The van der Waals surface area contributed by atoms with Gasteiger partial charge in [0.2, 0.25) is 0 Å². The number of hydrogen-bond donors (Lipinski definition) is 1. The molecule has 0 aliphatic rings. The fourth-order valence-corrected chi connectivity index (χ4v) is 1.95. The van der Waals surface area contributed by atoms with Crippen LogP contribution in [0.25, 0.3) is 0 Å². The summed E-state index contributed by atoms with van der Waals surface area (Å²) in [5.41, 5.74) is 0.625. The Kier molecular flexibility index (Phi) is 6.09. The lowest BCUT2D eigenvalue weighted by molar-refractivity contribution is 0.100. The van der Waals surface area contributed by atoms with Gasteiger partial charge in [-0.15, -0.1) is 0 Å². The van der Waals surface area contributed by atoms with E-state index in [2.05, 4.69) is 5.32 Å². The summed E-state index contributed by atoms with van der Waals surface area (Å²) in [6, 6.07) is 5.15. The van der Waals surface area contributed by atoms with Gasteiger partial charge in [-0.2, -0.15) is 0 Å². The van der Waals surface area contributed by atoms with Gasteiger partial charge in [-0.1, -0.05) is 19.1 Å². The lowest BCUT2D eigenvalue weighted by Crippen LogP contribution is -2.26. The van der Waals surface area contributed by atoms with Crippen molar-refractivity contribution in [3.05, 3.63) is 29.6 Å². The summed E-state index contributed by atoms with van der Waals surface area (Å²) in [4.78, 5) is 0. The first-order valence-corrected chi connectivity index (χ1v) is 6.22. The average molecular weight is 255 g/mol. The molecule has 0 heterocycles. The fraction of sp³-hybridized carbons (Fsp3) is 0.571. The number of methoxy groups -OCH3 is 2. The second-order valence-electron chi connectivity index (χ2n) is 4.26. The molecule has 2 atom stereocenters. The highest BCUT2D eigenvalue weighted by atomic mass is 19.1. The number of benzene rings is 1. The Labute approximate surface area is 108 Å². The molecule has 0 saturated carbocycles. The smallest absolute Gasteiger partial charge is 0.169 e. The monoisotopic (exact) mass is 255 g/mol. The van der Waals surface area contributed by atoms with Crippen LogP contribution in [0.1, 0.15) is 31.9 Å². The zero-order valence-corrected chi connectivity index (χ0v) is 11.5. The van der Waals surface area contributed by atoms with Crippen LogP contribution in [-0.2, 0) is 4.74 Å². The first-order chi connectivity index (χ1) is 8.63. The molecule has 2 unspecified atom stereocenters. The summed E-state index contributed by atoms with van der Waals surface area (Å²) in [7, 11) is 3.14. The highest BCUT2D eigenvalue weighted by Gasteiger charge is 2.19. The maximum Gasteiger partial charge on any atom is 0.169 e. The lowest BCUT2D eigenvalue weighted by Gasteiger charge is -2.22. The van der Waals surface area contributed by atoms with Crippen LogP contribution in [0.3, 0.4) is 0 Å². The van der Waals surface area contributed by atoms with Gasteiger partial charge in [0.15, 0.2) is 11.6 Å². The molecule has 0 spiro atoms. The minimum Gasteiger partial charge on any atom is -0.494 e. The van der Waals surface area contributed by atoms with E-state index in [1.165, 1.54) is 7.11 Å². The molecule has 0 aliphatic carbocycles. The van der Waals surface area contributed by atoms with Crippen molar-refractivity contribution in [3.8, 4) is 5.75 Å². The maximum absolute atomic E-state index is 14.2. The van der Waals surface area contributed by atoms with E-state index < -0.39 is 0 Å². The van der Waals surface area contributed by atoms with Gasteiger partial charge in [0, 0.05) is 18.7 Å². The molecule has 0 bridgehead atoms. The first-order valence-electron chi connectivity index (χ1n) is 6.22. The third-order valence-electron chi connectivity index (χ3n) is 3.01. The Hall–Kier alpha value is -1.13. The van der Waals surface area contributed by atoms with Gasteiger partial charge < -0.3 is 14.8 Å². The molecule has 0 fully saturated rings. The van der Waals surface area contributed by atoms with Gasteiger partial charge in [0.25, 0.3) is 0 Å². The molecule has 3 nitrogen and oxygen atoms in total. The molecular weight excluding hydrogens is 233 g/mol. The number of hydrogen-bond acceptors (Lipinski definition) is 3. The van der Waals surface area contributed by atoms with Gasteiger partial charge in [-0.05, 0) is 26.0 Å². The lowest BCUT2D eigenvalue weighted by atomic mass is 10.00. The number of rotatable bonds is 7. The summed E-state index contributed by atoms with van der Waals surface area (Å²) in [6.07, 6.45) is 0.786. The molecule has 1 rings (SSSR count). The zero-order valence-electron chi connectivity index (χ0n) is 11.5. The molecule has 102 valence electrons. The van der Waals surface area contributed by atoms with E-state index in [0.29, 0.717) is 12.0 Å². The minimum absolute atomic E-state index is 0.0691. The molecule has 1 aromatic rings. The molecule has 0 aromatic heterocycles. The van der Waals surface area contributed by atoms with Gasteiger partial charge in [0.05, 0.1) is 13.2 Å². The summed E-state index contributed by atoms with van der Waals surface area (Å²) in [5.74, 6) is -0.0188. The highest BCUT2D eigenvalue weighted by Crippen LogP contribution is 2.27. The van der Waals surface area contributed by atoms with Crippen LogP contribution < -0.4 is 10.1 Å². The predicted octanol–water partition coefficient (Wildman–Crippen LogP) is 2.91. The molecule has 0 aliphatic heterocycles. The molecule has 1 aromatic carbocycles. The van der Waals surface area contributed by atoms with Crippen molar-refractivity contribution in [3.63, 3.8) is 0 Å². The van der Waals surface area contributed by atoms with Crippen molar-refractivity contribution in [1.82, 2.24) is 5.32 Å². The van der Waals surface area contributed by atoms with Gasteiger partial charge in [-0.3, -0.25) is 0 Å². The second-order valence-corrected chi connectivity index (χ2v) is 4.26. The Morgan fingerprint density at radius 1 is 1.33 bits per heavy atom. The quantitative estimate of drug-likeness (QED) is 0.812.